The van der Waals surface area contributed by atoms with E-state index in [9.17, 15) is 14.0 Å². The van der Waals surface area contributed by atoms with Gasteiger partial charge < -0.3 is 10.0 Å². The standard InChI is InChI=1S/C17H20FN3O3/c1-11-9-12(2)21(19-11)15-7-6-13(10-14(15)18)17(24)20(3)8-4-5-16(22)23/h6-7,9-10H,4-5,8H2,1-3H3,(H,22,23). The largest absolute Gasteiger partial charge is 0.481 e. The number of carbonyl (C=O) groups is 2. The van der Waals surface area contributed by atoms with Crippen LogP contribution in [0.15, 0.2) is 24.3 Å². The van der Waals surface area contributed by atoms with Crippen LogP contribution >= 0.6 is 0 Å². The number of aromatic nitrogens is 2. The summed E-state index contributed by atoms with van der Waals surface area (Å²) in [5.74, 6) is -1.79. The SMILES string of the molecule is Cc1cc(C)n(-c2ccc(C(=O)N(C)CCCC(=O)O)cc2F)n1. The highest BCUT2D eigenvalue weighted by Crippen LogP contribution is 2.18. The van der Waals surface area contributed by atoms with E-state index in [-0.39, 0.29) is 23.6 Å². The van der Waals surface area contributed by atoms with Crippen molar-refractivity contribution in [3.05, 3.63) is 47.0 Å². The highest BCUT2D eigenvalue weighted by atomic mass is 19.1. The van der Waals surface area contributed by atoms with Gasteiger partial charge in [-0.3, -0.25) is 9.59 Å². The molecule has 1 aromatic heterocycles. The Morgan fingerprint density at radius 1 is 1.29 bits per heavy atom. The summed E-state index contributed by atoms with van der Waals surface area (Å²) in [6.07, 6.45) is 0.340. The van der Waals surface area contributed by atoms with Crippen molar-refractivity contribution in [2.45, 2.75) is 26.7 Å². The maximum Gasteiger partial charge on any atom is 0.303 e. The lowest BCUT2D eigenvalue weighted by atomic mass is 10.1. The van der Waals surface area contributed by atoms with Gasteiger partial charge in [0, 0.05) is 31.3 Å². The molecule has 0 atom stereocenters. The number of carboxylic acids is 1. The molecule has 2 aromatic rings. The first-order valence-electron chi connectivity index (χ1n) is 7.60. The van der Waals surface area contributed by atoms with Crippen LogP contribution in [-0.4, -0.2) is 45.3 Å². The predicted molar refractivity (Wildman–Crippen MR) is 86.8 cm³/mol. The molecule has 0 unspecified atom stereocenters. The highest BCUT2D eigenvalue weighted by molar-refractivity contribution is 5.94. The molecule has 6 nitrogen and oxygen atoms in total. The minimum atomic E-state index is -0.906. The number of nitrogens with zero attached hydrogens (tertiary/aromatic N) is 3. The van der Waals surface area contributed by atoms with Crippen LogP contribution in [0.5, 0.6) is 0 Å². The van der Waals surface area contributed by atoms with Crippen LogP contribution in [0.3, 0.4) is 0 Å². The van der Waals surface area contributed by atoms with Gasteiger partial charge in [0.1, 0.15) is 11.5 Å². The summed E-state index contributed by atoms with van der Waals surface area (Å²) in [6.45, 7) is 3.95. The van der Waals surface area contributed by atoms with Crippen molar-refractivity contribution in [1.29, 1.82) is 0 Å². The Bertz CT molecular complexity index is 770. The molecular formula is C17H20FN3O3. The molecule has 1 N–H and O–H groups in total. The minimum absolute atomic E-state index is 0.0111. The van der Waals surface area contributed by atoms with Gasteiger partial charge in [0.15, 0.2) is 0 Å². The Kier molecular flexibility index (Phi) is 5.33. The Hall–Kier alpha value is -2.70. The molecule has 1 heterocycles. The first-order valence-corrected chi connectivity index (χ1v) is 7.60. The van der Waals surface area contributed by atoms with E-state index in [1.807, 2.05) is 19.9 Å². The third-order valence-corrected chi connectivity index (χ3v) is 3.66. The van der Waals surface area contributed by atoms with Crippen LogP contribution in [0.25, 0.3) is 5.69 Å². The summed E-state index contributed by atoms with van der Waals surface area (Å²) in [7, 11) is 1.57. The van der Waals surface area contributed by atoms with Crippen molar-refractivity contribution >= 4 is 11.9 Å². The molecule has 0 radical (unpaired) electrons. The number of hydrogen-bond donors (Lipinski definition) is 1. The topological polar surface area (TPSA) is 75.4 Å². The number of aliphatic carboxylic acids is 1. The molecular weight excluding hydrogens is 313 g/mol. The van der Waals surface area contributed by atoms with E-state index in [0.717, 1.165) is 11.4 Å². The molecule has 0 aliphatic carbocycles. The van der Waals surface area contributed by atoms with Gasteiger partial charge in [-0.1, -0.05) is 0 Å². The Morgan fingerprint density at radius 3 is 2.54 bits per heavy atom. The molecule has 128 valence electrons. The average molecular weight is 333 g/mol. The van der Waals surface area contributed by atoms with E-state index < -0.39 is 11.8 Å². The van der Waals surface area contributed by atoms with Gasteiger partial charge in [0.05, 0.1) is 5.69 Å². The summed E-state index contributed by atoms with van der Waals surface area (Å²) in [6, 6.07) is 6.09. The number of carbonyl (C=O) groups excluding carboxylic acids is 1. The van der Waals surface area contributed by atoms with Crippen molar-refractivity contribution in [2.75, 3.05) is 13.6 Å². The van der Waals surface area contributed by atoms with Gasteiger partial charge in [-0.15, -0.1) is 0 Å². The molecule has 1 aromatic carbocycles. The lowest BCUT2D eigenvalue weighted by Crippen LogP contribution is -2.28. The molecule has 1 amide bonds. The average Bonchev–Trinajstić information content (AvgIpc) is 2.84. The van der Waals surface area contributed by atoms with Gasteiger partial charge in [-0.05, 0) is 44.5 Å². The summed E-state index contributed by atoms with van der Waals surface area (Å²) >= 11 is 0. The number of aryl methyl sites for hydroxylation is 2. The second-order valence-electron chi connectivity index (χ2n) is 5.73. The zero-order valence-corrected chi connectivity index (χ0v) is 13.9. The molecule has 0 bridgehead atoms. The molecule has 0 saturated heterocycles. The van der Waals surface area contributed by atoms with Gasteiger partial charge in [-0.25, -0.2) is 9.07 Å². The molecule has 0 spiro atoms. The quantitative estimate of drug-likeness (QED) is 0.881. The van der Waals surface area contributed by atoms with Crippen molar-refractivity contribution in [1.82, 2.24) is 14.7 Å². The molecule has 24 heavy (non-hydrogen) atoms. The van der Waals surface area contributed by atoms with Crippen LogP contribution in [0.2, 0.25) is 0 Å². The Balaban J connectivity index is 2.15. The van der Waals surface area contributed by atoms with E-state index in [0.29, 0.717) is 13.0 Å². The Labute approximate surface area is 139 Å². The maximum absolute atomic E-state index is 14.4. The monoisotopic (exact) mass is 333 g/mol. The molecule has 0 saturated carbocycles. The smallest absolute Gasteiger partial charge is 0.303 e. The van der Waals surface area contributed by atoms with Crippen molar-refractivity contribution in [2.24, 2.45) is 0 Å². The number of halogens is 1. The van der Waals surface area contributed by atoms with Crippen LogP contribution in [-0.2, 0) is 4.79 Å². The van der Waals surface area contributed by atoms with Crippen molar-refractivity contribution in [3.63, 3.8) is 0 Å². The predicted octanol–water partition coefficient (Wildman–Crippen LogP) is 2.57. The van der Waals surface area contributed by atoms with E-state index >= 15 is 0 Å². The lowest BCUT2D eigenvalue weighted by molar-refractivity contribution is -0.137. The summed E-state index contributed by atoms with van der Waals surface area (Å²) < 4.78 is 15.9. The van der Waals surface area contributed by atoms with Gasteiger partial charge in [-0.2, -0.15) is 5.10 Å². The number of hydrogen-bond acceptors (Lipinski definition) is 3. The first kappa shape index (κ1) is 17.7. The molecule has 2 rings (SSSR count). The zero-order chi connectivity index (χ0) is 17.9. The van der Waals surface area contributed by atoms with Crippen LogP contribution in [0.1, 0.15) is 34.6 Å². The fourth-order valence-corrected chi connectivity index (χ4v) is 2.47. The second kappa shape index (κ2) is 7.25. The summed E-state index contributed by atoms with van der Waals surface area (Å²) in [5.41, 5.74) is 2.09. The number of benzene rings is 1. The minimum Gasteiger partial charge on any atom is -0.481 e. The molecule has 0 aliphatic heterocycles. The second-order valence-corrected chi connectivity index (χ2v) is 5.73. The van der Waals surface area contributed by atoms with E-state index in [1.54, 1.807) is 13.1 Å². The van der Waals surface area contributed by atoms with E-state index in [2.05, 4.69) is 5.10 Å². The van der Waals surface area contributed by atoms with E-state index in [1.165, 1.54) is 21.7 Å². The number of amides is 1. The summed E-state index contributed by atoms with van der Waals surface area (Å²) in [4.78, 5) is 24.2. The van der Waals surface area contributed by atoms with Gasteiger partial charge in [0.25, 0.3) is 5.91 Å². The molecule has 0 fully saturated rings. The van der Waals surface area contributed by atoms with Gasteiger partial charge in [0.2, 0.25) is 0 Å². The molecule has 7 heteroatoms. The Morgan fingerprint density at radius 2 is 2.00 bits per heavy atom. The number of carboxylic acid groups (broad SMARTS) is 1. The maximum atomic E-state index is 14.4. The number of rotatable bonds is 6. The highest BCUT2D eigenvalue weighted by Gasteiger charge is 2.16. The third kappa shape index (κ3) is 3.98. The lowest BCUT2D eigenvalue weighted by Gasteiger charge is -2.17. The molecule has 0 aliphatic rings. The summed E-state index contributed by atoms with van der Waals surface area (Å²) in [5, 5.41) is 12.9. The van der Waals surface area contributed by atoms with Crippen molar-refractivity contribution < 1.29 is 19.1 Å². The van der Waals surface area contributed by atoms with Crippen molar-refractivity contribution in [3.8, 4) is 5.69 Å². The van der Waals surface area contributed by atoms with Crippen LogP contribution < -0.4 is 0 Å². The third-order valence-electron chi connectivity index (χ3n) is 3.66. The first-order chi connectivity index (χ1) is 11.3. The van der Waals surface area contributed by atoms with Crippen LogP contribution in [0, 0.1) is 19.7 Å². The van der Waals surface area contributed by atoms with Crippen LogP contribution in [0.4, 0.5) is 4.39 Å². The normalized spacial score (nSPS) is 10.7. The zero-order valence-electron chi connectivity index (χ0n) is 13.9. The van der Waals surface area contributed by atoms with E-state index in [4.69, 9.17) is 5.11 Å². The van der Waals surface area contributed by atoms with Gasteiger partial charge >= 0.3 is 5.97 Å². The fraction of sp³-hybridized carbons (Fsp3) is 0.353. The fourth-order valence-electron chi connectivity index (χ4n) is 2.47.